The summed E-state index contributed by atoms with van der Waals surface area (Å²) in [6.45, 7) is 4.49. The second kappa shape index (κ2) is 4.18. The summed E-state index contributed by atoms with van der Waals surface area (Å²) in [5.41, 5.74) is -0.442. The lowest BCUT2D eigenvalue weighted by atomic mass is 9.67. The van der Waals surface area contributed by atoms with E-state index in [1.807, 2.05) is 32.0 Å². The van der Waals surface area contributed by atoms with Crippen LogP contribution in [0.2, 0.25) is 0 Å². The Morgan fingerprint density at radius 1 is 1.45 bits per heavy atom. The van der Waals surface area contributed by atoms with Gasteiger partial charge in [0.15, 0.2) is 10.7 Å². The van der Waals surface area contributed by atoms with Gasteiger partial charge in [0, 0.05) is 22.5 Å². The number of fused-ring (bicyclic) bond motifs is 2. The number of carbonyl (C=O) groups is 1. The molecule has 2 aliphatic heterocycles. The van der Waals surface area contributed by atoms with Crippen LogP contribution >= 0.6 is 28.1 Å². The molecule has 106 valence electrons. The van der Waals surface area contributed by atoms with Gasteiger partial charge in [-0.2, -0.15) is 0 Å². The molecule has 1 spiro atoms. The predicted molar refractivity (Wildman–Crippen MR) is 83.6 cm³/mol. The molecule has 1 N–H and O–H groups in total. The van der Waals surface area contributed by atoms with Crippen LogP contribution in [0.15, 0.2) is 22.7 Å². The van der Waals surface area contributed by atoms with E-state index >= 15 is 0 Å². The highest BCUT2D eigenvalue weighted by atomic mass is 79.9. The minimum absolute atomic E-state index is 0.0323. The van der Waals surface area contributed by atoms with E-state index < -0.39 is 11.0 Å². The number of hydrogen-bond donors (Lipinski definition) is 1. The van der Waals surface area contributed by atoms with E-state index in [0.29, 0.717) is 11.7 Å². The molecule has 1 aromatic rings. The maximum atomic E-state index is 12.9. The number of thiocarbonyl (C=S) groups is 1. The second-order valence-corrected chi connectivity index (χ2v) is 7.16. The third kappa shape index (κ3) is 1.58. The Kier molecular flexibility index (Phi) is 2.89. The molecule has 6 heteroatoms. The summed E-state index contributed by atoms with van der Waals surface area (Å²) in [4.78, 5) is 14.4. The van der Waals surface area contributed by atoms with Crippen LogP contribution in [-0.2, 0) is 10.3 Å². The fourth-order valence-corrected chi connectivity index (χ4v) is 3.53. The van der Waals surface area contributed by atoms with Crippen LogP contribution in [-0.4, -0.2) is 29.6 Å². The molecule has 1 saturated heterocycles. The lowest BCUT2D eigenvalue weighted by Crippen LogP contribution is -2.59. The monoisotopic (exact) mass is 354 g/mol. The van der Waals surface area contributed by atoms with Crippen molar-refractivity contribution in [2.75, 3.05) is 13.7 Å². The molecule has 0 radical (unpaired) electrons. The van der Waals surface area contributed by atoms with Crippen molar-refractivity contribution in [2.45, 2.75) is 19.4 Å². The highest BCUT2D eigenvalue weighted by Crippen LogP contribution is 2.51. The summed E-state index contributed by atoms with van der Waals surface area (Å²) in [7, 11) is 1.70. The van der Waals surface area contributed by atoms with Gasteiger partial charge < -0.3 is 10.1 Å². The molecule has 1 amide bonds. The smallest absolute Gasteiger partial charge is 0.259 e. The van der Waals surface area contributed by atoms with Crippen molar-refractivity contribution < 1.29 is 9.53 Å². The van der Waals surface area contributed by atoms with E-state index in [1.165, 1.54) is 4.90 Å². The highest BCUT2D eigenvalue weighted by Gasteiger charge is 2.61. The molecule has 0 aliphatic carbocycles. The van der Waals surface area contributed by atoms with Gasteiger partial charge in [0.1, 0.15) is 5.75 Å². The number of nitrogens with zero attached hydrogens (tertiary/aromatic N) is 1. The molecule has 3 rings (SSSR count). The van der Waals surface area contributed by atoms with Gasteiger partial charge in [-0.3, -0.25) is 9.69 Å². The molecule has 1 atom stereocenters. The van der Waals surface area contributed by atoms with Crippen LogP contribution < -0.4 is 10.1 Å². The average molecular weight is 355 g/mol. The number of carbonyl (C=O) groups excluding carboxylic acids is 1. The van der Waals surface area contributed by atoms with Gasteiger partial charge in [-0.25, -0.2) is 0 Å². The van der Waals surface area contributed by atoms with E-state index in [0.717, 1.165) is 15.8 Å². The molecular formula is C14H15BrN2O2S. The van der Waals surface area contributed by atoms with Crippen molar-refractivity contribution in [1.29, 1.82) is 0 Å². The largest absolute Gasteiger partial charge is 0.493 e. The summed E-state index contributed by atoms with van der Waals surface area (Å²) in [5.74, 6) is 0.696. The first kappa shape index (κ1) is 13.8. The Hall–Kier alpha value is -1.14. The van der Waals surface area contributed by atoms with Crippen LogP contribution in [0.1, 0.15) is 19.4 Å². The SMILES string of the molecule is CN1C(=O)C2(NC1=S)c1cc(Br)ccc1OCC2(C)C. The molecular weight excluding hydrogens is 340 g/mol. The minimum atomic E-state index is -0.865. The van der Waals surface area contributed by atoms with Crippen LogP contribution in [0.5, 0.6) is 5.75 Å². The van der Waals surface area contributed by atoms with Gasteiger partial charge in [0.2, 0.25) is 0 Å². The first-order valence-electron chi connectivity index (χ1n) is 6.33. The topological polar surface area (TPSA) is 41.6 Å². The fraction of sp³-hybridized carbons (Fsp3) is 0.429. The Morgan fingerprint density at radius 2 is 2.15 bits per heavy atom. The molecule has 0 saturated carbocycles. The number of ether oxygens (including phenoxy) is 1. The second-order valence-electron chi connectivity index (χ2n) is 5.86. The van der Waals surface area contributed by atoms with Crippen molar-refractivity contribution in [2.24, 2.45) is 5.41 Å². The standard InChI is InChI=1S/C14H15BrN2O2S/c1-13(2)7-19-10-5-4-8(15)6-9(10)14(13)11(18)17(3)12(20)16-14/h4-6H,7H2,1-3H3,(H,16,20). The minimum Gasteiger partial charge on any atom is -0.493 e. The molecule has 2 heterocycles. The van der Waals surface area contributed by atoms with E-state index in [2.05, 4.69) is 21.2 Å². The Balaban J connectivity index is 2.30. The maximum Gasteiger partial charge on any atom is 0.259 e. The Labute approximate surface area is 131 Å². The molecule has 0 bridgehead atoms. The van der Waals surface area contributed by atoms with Gasteiger partial charge in [-0.05, 0) is 30.4 Å². The number of benzene rings is 1. The first-order chi connectivity index (χ1) is 9.29. The van der Waals surface area contributed by atoms with Gasteiger partial charge in [-0.15, -0.1) is 0 Å². The number of nitrogens with one attached hydrogen (secondary N) is 1. The third-order valence-corrected chi connectivity index (χ3v) is 5.04. The number of amides is 1. The van der Waals surface area contributed by atoms with E-state index in [9.17, 15) is 4.79 Å². The normalized spacial score (nSPS) is 27.3. The van der Waals surface area contributed by atoms with Crippen molar-refractivity contribution in [3.63, 3.8) is 0 Å². The summed E-state index contributed by atoms with van der Waals surface area (Å²) < 4.78 is 6.73. The van der Waals surface area contributed by atoms with Gasteiger partial charge in [0.25, 0.3) is 5.91 Å². The summed E-state index contributed by atoms with van der Waals surface area (Å²) in [6, 6.07) is 5.72. The van der Waals surface area contributed by atoms with E-state index in [4.69, 9.17) is 17.0 Å². The van der Waals surface area contributed by atoms with Crippen LogP contribution in [0, 0.1) is 5.41 Å². The van der Waals surface area contributed by atoms with Crippen molar-refractivity contribution in [3.8, 4) is 5.75 Å². The van der Waals surface area contributed by atoms with Crippen LogP contribution in [0.4, 0.5) is 0 Å². The molecule has 1 unspecified atom stereocenters. The molecule has 1 aromatic carbocycles. The average Bonchev–Trinajstić information content (AvgIpc) is 2.61. The number of likely N-dealkylation sites (N-methyl/N-ethyl adjacent to an activating group) is 1. The van der Waals surface area contributed by atoms with Gasteiger partial charge >= 0.3 is 0 Å². The maximum absolute atomic E-state index is 12.9. The lowest BCUT2D eigenvalue weighted by Gasteiger charge is -2.46. The lowest BCUT2D eigenvalue weighted by molar-refractivity contribution is -0.137. The van der Waals surface area contributed by atoms with Gasteiger partial charge in [0.05, 0.1) is 6.61 Å². The number of rotatable bonds is 0. The van der Waals surface area contributed by atoms with Crippen molar-refractivity contribution >= 4 is 39.2 Å². The number of halogens is 1. The fourth-order valence-electron chi connectivity index (χ4n) is 2.93. The predicted octanol–water partition coefficient (Wildman–Crippen LogP) is 2.41. The zero-order valence-corrected chi connectivity index (χ0v) is 13.9. The molecule has 20 heavy (non-hydrogen) atoms. The van der Waals surface area contributed by atoms with Crippen LogP contribution in [0.3, 0.4) is 0 Å². The van der Waals surface area contributed by atoms with Crippen molar-refractivity contribution in [1.82, 2.24) is 10.2 Å². The Bertz CT molecular complexity index is 632. The van der Waals surface area contributed by atoms with Gasteiger partial charge in [-0.1, -0.05) is 29.8 Å². The van der Waals surface area contributed by atoms with Crippen LogP contribution in [0.25, 0.3) is 0 Å². The van der Waals surface area contributed by atoms with E-state index in [1.54, 1.807) is 7.05 Å². The summed E-state index contributed by atoms with van der Waals surface area (Å²) >= 11 is 8.75. The third-order valence-electron chi connectivity index (χ3n) is 4.17. The molecule has 1 fully saturated rings. The quantitative estimate of drug-likeness (QED) is 0.726. The highest BCUT2D eigenvalue weighted by molar-refractivity contribution is 9.10. The summed E-state index contributed by atoms with van der Waals surface area (Å²) in [6.07, 6.45) is 0. The zero-order chi connectivity index (χ0) is 14.7. The number of hydrogen-bond acceptors (Lipinski definition) is 3. The molecule has 0 aromatic heterocycles. The zero-order valence-electron chi connectivity index (χ0n) is 11.5. The molecule has 4 nitrogen and oxygen atoms in total. The first-order valence-corrected chi connectivity index (χ1v) is 7.53. The van der Waals surface area contributed by atoms with E-state index in [-0.39, 0.29) is 5.91 Å². The molecule has 2 aliphatic rings. The Morgan fingerprint density at radius 3 is 2.75 bits per heavy atom. The van der Waals surface area contributed by atoms with Crippen molar-refractivity contribution in [3.05, 3.63) is 28.2 Å². The summed E-state index contributed by atoms with van der Waals surface area (Å²) in [5, 5.41) is 3.70.